The van der Waals surface area contributed by atoms with Gasteiger partial charge in [0, 0.05) is 6.54 Å². The highest BCUT2D eigenvalue weighted by molar-refractivity contribution is 5.99. The summed E-state index contributed by atoms with van der Waals surface area (Å²) in [6, 6.07) is -2.96. The number of nitrogens with zero attached hydrogens (tertiary/aromatic N) is 1. The lowest BCUT2D eigenvalue weighted by molar-refractivity contribution is -0.148. The lowest BCUT2D eigenvalue weighted by atomic mass is 9.94. The number of carbonyl (C=O) groups excluding carboxylic acids is 6. The van der Waals surface area contributed by atoms with Gasteiger partial charge in [0.15, 0.2) is 0 Å². The number of rotatable bonds is 15. The van der Waals surface area contributed by atoms with Gasteiger partial charge in [-0.15, -0.1) is 0 Å². The predicted molar refractivity (Wildman–Crippen MR) is 170 cm³/mol. The molecule has 0 unspecified atom stereocenters. The van der Waals surface area contributed by atoms with Gasteiger partial charge in [-0.3, -0.25) is 24.0 Å². The maximum atomic E-state index is 13.8. The number of hydrogen-bond donors (Lipinski definition) is 5. The summed E-state index contributed by atoms with van der Waals surface area (Å²) in [5.41, 5.74) is -2.65. The van der Waals surface area contributed by atoms with Crippen LogP contribution in [-0.4, -0.2) is 95.8 Å². The summed E-state index contributed by atoms with van der Waals surface area (Å²) in [6.45, 7) is 15.3. The highest BCUT2D eigenvalue weighted by Crippen LogP contribution is 2.23. The Morgan fingerprint density at radius 1 is 0.867 bits per heavy atom. The Bertz CT molecular complexity index is 1090. The van der Waals surface area contributed by atoms with Crippen LogP contribution in [0.5, 0.6) is 0 Å². The van der Waals surface area contributed by atoms with Crippen LogP contribution in [0.3, 0.4) is 0 Å². The van der Waals surface area contributed by atoms with Gasteiger partial charge in [0.2, 0.25) is 29.5 Å². The second kappa shape index (κ2) is 16.4. The maximum Gasteiger partial charge on any atom is 0.328 e. The molecule has 0 bridgehead atoms. The lowest BCUT2D eigenvalue weighted by Crippen LogP contribution is -2.64. The first-order valence-corrected chi connectivity index (χ1v) is 16.3. The fraction of sp³-hybridized carbons (Fsp3) is 0.812. The average molecular weight is 637 g/mol. The van der Waals surface area contributed by atoms with Crippen molar-refractivity contribution in [1.29, 1.82) is 0 Å². The first-order chi connectivity index (χ1) is 20.9. The molecule has 5 atom stereocenters. The molecule has 0 saturated carbocycles. The number of amides is 5. The van der Waals surface area contributed by atoms with E-state index in [1.165, 1.54) is 12.0 Å². The van der Waals surface area contributed by atoms with Crippen molar-refractivity contribution >= 4 is 35.5 Å². The molecule has 0 aromatic rings. The Balaban J connectivity index is 2.15. The van der Waals surface area contributed by atoms with E-state index in [0.717, 1.165) is 13.0 Å². The molecule has 5 amide bonds. The third-order valence-electron chi connectivity index (χ3n) is 8.61. The first-order valence-electron chi connectivity index (χ1n) is 16.3. The van der Waals surface area contributed by atoms with Crippen molar-refractivity contribution in [2.24, 2.45) is 11.8 Å². The number of methoxy groups -OCH3 is 1. The first kappa shape index (κ1) is 38.0. The Morgan fingerprint density at radius 2 is 1.49 bits per heavy atom. The molecule has 45 heavy (non-hydrogen) atoms. The highest BCUT2D eigenvalue weighted by Gasteiger charge is 2.44. The van der Waals surface area contributed by atoms with E-state index in [1.54, 1.807) is 27.7 Å². The number of hydrogen-bond acceptors (Lipinski definition) is 8. The minimum absolute atomic E-state index is 0.0327. The summed E-state index contributed by atoms with van der Waals surface area (Å²) in [5, 5.41) is 14.4. The molecule has 13 nitrogen and oxygen atoms in total. The van der Waals surface area contributed by atoms with Crippen molar-refractivity contribution in [2.45, 2.75) is 136 Å². The van der Waals surface area contributed by atoms with Crippen molar-refractivity contribution in [3.8, 4) is 0 Å². The van der Waals surface area contributed by atoms with Crippen LogP contribution >= 0.6 is 0 Å². The zero-order valence-electron chi connectivity index (χ0n) is 28.6. The van der Waals surface area contributed by atoms with Crippen LogP contribution in [0.2, 0.25) is 0 Å². The molecule has 0 aromatic carbocycles. The van der Waals surface area contributed by atoms with Gasteiger partial charge in [-0.05, 0) is 84.1 Å². The van der Waals surface area contributed by atoms with Crippen molar-refractivity contribution in [3.63, 3.8) is 0 Å². The van der Waals surface area contributed by atoms with Crippen LogP contribution in [0, 0.1) is 11.8 Å². The summed E-state index contributed by atoms with van der Waals surface area (Å²) >= 11 is 0. The molecular weight excluding hydrogens is 580 g/mol. The predicted octanol–water partition coefficient (Wildman–Crippen LogP) is 1.14. The van der Waals surface area contributed by atoms with Crippen molar-refractivity contribution < 1.29 is 33.5 Å². The van der Waals surface area contributed by atoms with Crippen molar-refractivity contribution in [2.75, 3.05) is 20.2 Å². The molecule has 13 heteroatoms. The molecule has 0 aromatic heterocycles. The van der Waals surface area contributed by atoms with E-state index in [1.807, 2.05) is 27.7 Å². The SMILES string of the molecule is CC[C@@](C)(NC(=O)[C@@H]1CCCN1)C(=O)N[C@@H](CC(C)C)C(=O)NC(C)(C)C(=O)N1CCC[C@H]1C(=O)N[C@@H](CC(C)C)C(=O)OC. The minimum atomic E-state index is -1.41. The Hall–Kier alpha value is -3.22. The molecule has 2 fully saturated rings. The largest absolute Gasteiger partial charge is 0.467 e. The van der Waals surface area contributed by atoms with Crippen LogP contribution in [0.25, 0.3) is 0 Å². The van der Waals surface area contributed by atoms with E-state index in [-0.39, 0.29) is 23.8 Å². The van der Waals surface area contributed by atoms with Crippen molar-refractivity contribution in [1.82, 2.24) is 31.5 Å². The molecule has 2 saturated heterocycles. The zero-order chi connectivity index (χ0) is 34.1. The van der Waals surface area contributed by atoms with Crippen LogP contribution in [0.15, 0.2) is 0 Å². The molecular formula is C32H56N6O7. The topological polar surface area (TPSA) is 175 Å². The van der Waals surface area contributed by atoms with Gasteiger partial charge < -0.3 is 36.2 Å². The van der Waals surface area contributed by atoms with Gasteiger partial charge in [0.05, 0.1) is 13.2 Å². The van der Waals surface area contributed by atoms with Crippen LogP contribution < -0.4 is 26.6 Å². The van der Waals surface area contributed by atoms with Gasteiger partial charge in [-0.1, -0.05) is 34.6 Å². The van der Waals surface area contributed by atoms with E-state index in [2.05, 4.69) is 26.6 Å². The monoisotopic (exact) mass is 636 g/mol. The summed E-state index contributed by atoms with van der Waals surface area (Å²) in [5.74, 6) is -2.57. The Kier molecular flexibility index (Phi) is 13.8. The van der Waals surface area contributed by atoms with E-state index in [0.29, 0.717) is 45.1 Å². The number of nitrogens with one attached hydrogen (secondary N) is 5. The summed E-state index contributed by atoms with van der Waals surface area (Å²) in [6.07, 6.45) is 3.59. The molecule has 0 radical (unpaired) electrons. The van der Waals surface area contributed by atoms with E-state index in [4.69, 9.17) is 4.74 Å². The highest BCUT2D eigenvalue weighted by atomic mass is 16.5. The summed E-state index contributed by atoms with van der Waals surface area (Å²) in [4.78, 5) is 80.8. The Labute approximate surface area is 268 Å². The van der Waals surface area contributed by atoms with Crippen LogP contribution in [0.4, 0.5) is 0 Å². The second-order valence-corrected chi connectivity index (χ2v) is 14.0. The van der Waals surface area contributed by atoms with Gasteiger partial charge >= 0.3 is 5.97 Å². The van der Waals surface area contributed by atoms with Gasteiger partial charge in [0.25, 0.3) is 0 Å². The standard InChI is InChI=1S/C32H56N6O7/c1-10-32(8,37-25(39)21-13-11-15-33-21)29(43)35-22(17-19(2)3)26(40)36-31(6,7)30(44)38-16-12-14-24(38)27(41)34-23(18-20(4)5)28(42)45-9/h19-24,33H,10-18H2,1-9H3,(H,34,41)(H,35,43)(H,36,40)(H,37,39)/t21-,22-,23-,24-,32+/m0/s1. The third-order valence-corrected chi connectivity index (χ3v) is 8.61. The van der Waals surface area contributed by atoms with Gasteiger partial charge in [-0.2, -0.15) is 0 Å². The molecule has 2 rings (SSSR count). The van der Waals surface area contributed by atoms with Crippen molar-refractivity contribution in [3.05, 3.63) is 0 Å². The molecule has 2 heterocycles. The molecule has 0 aliphatic carbocycles. The molecule has 2 aliphatic heterocycles. The number of carbonyl (C=O) groups is 6. The number of likely N-dealkylation sites (tertiary alicyclic amines) is 1. The van der Waals surface area contributed by atoms with E-state index >= 15 is 0 Å². The van der Waals surface area contributed by atoms with E-state index in [9.17, 15) is 28.8 Å². The summed E-state index contributed by atoms with van der Waals surface area (Å²) < 4.78 is 4.86. The third kappa shape index (κ3) is 10.4. The Morgan fingerprint density at radius 3 is 2.02 bits per heavy atom. The van der Waals surface area contributed by atoms with E-state index < -0.39 is 58.8 Å². The van der Waals surface area contributed by atoms with Crippen LogP contribution in [-0.2, 0) is 33.5 Å². The molecule has 2 aliphatic rings. The number of esters is 1. The molecule has 5 N–H and O–H groups in total. The summed E-state index contributed by atoms with van der Waals surface area (Å²) in [7, 11) is 1.26. The fourth-order valence-corrected chi connectivity index (χ4v) is 5.78. The lowest BCUT2D eigenvalue weighted by Gasteiger charge is -2.35. The normalized spacial score (nSPS) is 21.1. The van der Waals surface area contributed by atoms with Crippen LogP contribution in [0.1, 0.15) is 100 Å². The molecule has 256 valence electrons. The average Bonchev–Trinajstić information content (AvgIpc) is 3.67. The minimum Gasteiger partial charge on any atom is -0.467 e. The second-order valence-electron chi connectivity index (χ2n) is 14.0. The maximum absolute atomic E-state index is 13.8. The molecule has 0 spiro atoms. The van der Waals surface area contributed by atoms with Gasteiger partial charge in [-0.25, -0.2) is 4.79 Å². The van der Waals surface area contributed by atoms with Gasteiger partial charge in [0.1, 0.15) is 29.2 Å². The quantitative estimate of drug-likeness (QED) is 0.166. The zero-order valence-corrected chi connectivity index (χ0v) is 28.6. The fourth-order valence-electron chi connectivity index (χ4n) is 5.78. The number of ether oxygens (including phenoxy) is 1. The smallest absolute Gasteiger partial charge is 0.328 e.